The molecule has 0 radical (unpaired) electrons. The van der Waals surface area contributed by atoms with Crippen molar-refractivity contribution in [3.05, 3.63) is 57.2 Å². The van der Waals surface area contributed by atoms with Crippen LogP contribution in [0, 0.1) is 0 Å². The van der Waals surface area contributed by atoms with E-state index < -0.39 is 0 Å². The number of benzene rings is 1. The van der Waals surface area contributed by atoms with Crippen molar-refractivity contribution in [2.45, 2.75) is 13.1 Å². The van der Waals surface area contributed by atoms with Gasteiger partial charge in [-0.25, -0.2) is 4.98 Å². The highest BCUT2D eigenvalue weighted by Gasteiger charge is 2.08. The highest BCUT2D eigenvalue weighted by Crippen LogP contribution is 2.22. The van der Waals surface area contributed by atoms with Crippen molar-refractivity contribution in [3.63, 3.8) is 0 Å². The molecule has 5 heteroatoms. The maximum atomic E-state index is 6.02. The quantitative estimate of drug-likeness (QED) is 0.925. The summed E-state index contributed by atoms with van der Waals surface area (Å²) in [6.45, 7) is 1.18. The molecule has 1 aromatic carbocycles. The summed E-state index contributed by atoms with van der Waals surface area (Å²) in [7, 11) is 2.00. The number of hydrogen-bond donors (Lipinski definition) is 1. The summed E-state index contributed by atoms with van der Waals surface area (Å²) >= 11 is 9.57. The minimum absolute atomic E-state index is 0.414. The van der Waals surface area contributed by atoms with Crippen LogP contribution >= 0.6 is 27.5 Å². The lowest BCUT2D eigenvalue weighted by Gasteiger charge is -2.20. The maximum absolute atomic E-state index is 6.02. The summed E-state index contributed by atoms with van der Waals surface area (Å²) in [5.74, 6) is 0.862. The first-order valence-electron chi connectivity index (χ1n) is 5.91. The van der Waals surface area contributed by atoms with Crippen molar-refractivity contribution in [2.24, 2.45) is 5.73 Å². The van der Waals surface area contributed by atoms with E-state index in [0.717, 1.165) is 22.4 Å². The lowest BCUT2D eigenvalue weighted by atomic mass is 10.2. The molecule has 0 saturated heterocycles. The van der Waals surface area contributed by atoms with Crippen LogP contribution < -0.4 is 10.6 Å². The Morgan fingerprint density at radius 1 is 1.32 bits per heavy atom. The fraction of sp³-hybridized carbons (Fsp3) is 0.214. The average Bonchev–Trinajstić information content (AvgIpc) is 2.42. The number of rotatable bonds is 4. The van der Waals surface area contributed by atoms with Gasteiger partial charge in [-0.2, -0.15) is 0 Å². The molecule has 0 fully saturated rings. The Bertz CT molecular complexity index is 574. The van der Waals surface area contributed by atoms with Gasteiger partial charge in [-0.05, 0) is 23.3 Å². The number of hydrogen-bond acceptors (Lipinski definition) is 3. The summed E-state index contributed by atoms with van der Waals surface area (Å²) in [5, 5.41) is 0.612. The Balaban J connectivity index is 2.20. The molecular formula is C14H15BrClN3. The van der Waals surface area contributed by atoms with Gasteiger partial charge in [-0.1, -0.05) is 45.7 Å². The molecule has 0 saturated carbocycles. The Labute approximate surface area is 126 Å². The van der Waals surface area contributed by atoms with E-state index in [-0.39, 0.29) is 0 Å². The SMILES string of the molecule is CN(Cc1ccccc1Br)c1cc(CN)c(Cl)cn1. The van der Waals surface area contributed by atoms with Gasteiger partial charge in [-0.3, -0.25) is 0 Å². The molecule has 3 nitrogen and oxygen atoms in total. The van der Waals surface area contributed by atoms with Crippen molar-refractivity contribution in [2.75, 3.05) is 11.9 Å². The monoisotopic (exact) mass is 339 g/mol. The predicted octanol–water partition coefficient (Wildman–Crippen LogP) is 3.59. The van der Waals surface area contributed by atoms with E-state index in [4.69, 9.17) is 17.3 Å². The average molecular weight is 341 g/mol. The molecule has 2 rings (SSSR count). The number of halogens is 2. The van der Waals surface area contributed by atoms with Crippen LogP contribution in [0.4, 0.5) is 5.82 Å². The van der Waals surface area contributed by atoms with Crippen LogP contribution in [0.15, 0.2) is 41.0 Å². The van der Waals surface area contributed by atoms with Crippen molar-refractivity contribution < 1.29 is 0 Å². The Kier molecular flexibility index (Phi) is 4.80. The number of nitrogens with two attached hydrogens (primary N) is 1. The molecule has 19 heavy (non-hydrogen) atoms. The van der Waals surface area contributed by atoms with Gasteiger partial charge in [0.2, 0.25) is 0 Å². The van der Waals surface area contributed by atoms with E-state index in [1.807, 2.05) is 31.3 Å². The summed E-state index contributed by atoms with van der Waals surface area (Å²) in [4.78, 5) is 6.40. The van der Waals surface area contributed by atoms with Crippen LogP contribution in [-0.2, 0) is 13.1 Å². The van der Waals surface area contributed by atoms with E-state index in [0.29, 0.717) is 11.6 Å². The van der Waals surface area contributed by atoms with Gasteiger partial charge in [0.1, 0.15) is 5.82 Å². The Hall–Kier alpha value is -1.10. The lowest BCUT2D eigenvalue weighted by molar-refractivity contribution is 0.889. The summed E-state index contributed by atoms with van der Waals surface area (Å²) in [6.07, 6.45) is 1.65. The number of anilines is 1. The van der Waals surface area contributed by atoms with Crippen LogP contribution in [0.3, 0.4) is 0 Å². The molecule has 0 unspecified atom stereocenters. The number of nitrogens with zero attached hydrogens (tertiary/aromatic N) is 2. The van der Waals surface area contributed by atoms with E-state index in [1.54, 1.807) is 6.20 Å². The fourth-order valence-electron chi connectivity index (χ4n) is 1.80. The number of pyridine rings is 1. The molecule has 0 bridgehead atoms. The molecule has 2 aromatic rings. The Morgan fingerprint density at radius 3 is 2.74 bits per heavy atom. The van der Waals surface area contributed by atoms with E-state index in [2.05, 4.69) is 31.9 Å². The first-order valence-corrected chi connectivity index (χ1v) is 7.08. The van der Waals surface area contributed by atoms with Crippen LogP contribution in [0.2, 0.25) is 5.02 Å². The van der Waals surface area contributed by atoms with Crippen LogP contribution in [0.5, 0.6) is 0 Å². The predicted molar refractivity (Wildman–Crippen MR) is 83.4 cm³/mol. The summed E-state index contributed by atoms with van der Waals surface area (Å²) in [6, 6.07) is 10.1. The van der Waals surface area contributed by atoms with Crippen LogP contribution in [-0.4, -0.2) is 12.0 Å². The normalized spacial score (nSPS) is 10.5. The topological polar surface area (TPSA) is 42.1 Å². The first kappa shape index (κ1) is 14.3. The lowest BCUT2D eigenvalue weighted by Crippen LogP contribution is -2.18. The van der Waals surface area contributed by atoms with Gasteiger partial charge in [0.05, 0.1) is 5.02 Å². The summed E-state index contributed by atoms with van der Waals surface area (Å²) in [5.41, 5.74) is 7.77. The minimum atomic E-state index is 0.414. The van der Waals surface area contributed by atoms with Gasteiger partial charge in [0.15, 0.2) is 0 Å². The second-order valence-corrected chi connectivity index (χ2v) is 5.55. The van der Waals surface area contributed by atoms with Gasteiger partial charge in [-0.15, -0.1) is 0 Å². The molecule has 0 aliphatic heterocycles. The molecule has 0 atom stereocenters. The fourth-order valence-corrected chi connectivity index (χ4v) is 2.39. The van der Waals surface area contributed by atoms with Gasteiger partial charge in [0.25, 0.3) is 0 Å². The molecule has 100 valence electrons. The second-order valence-electron chi connectivity index (χ2n) is 4.29. The standard InChI is InChI=1S/C14H15BrClN3/c1-19(9-10-4-2-3-5-12(10)15)14-6-11(7-17)13(16)8-18-14/h2-6,8H,7,9,17H2,1H3. The summed E-state index contributed by atoms with van der Waals surface area (Å²) < 4.78 is 1.09. The van der Waals surface area contributed by atoms with E-state index in [9.17, 15) is 0 Å². The molecule has 2 N–H and O–H groups in total. The first-order chi connectivity index (χ1) is 9.11. The Morgan fingerprint density at radius 2 is 2.05 bits per heavy atom. The zero-order valence-corrected chi connectivity index (χ0v) is 12.9. The maximum Gasteiger partial charge on any atom is 0.128 e. The van der Waals surface area contributed by atoms with E-state index in [1.165, 1.54) is 5.56 Å². The number of aromatic nitrogens is 1. The van der Waals surface area contributed by atoms with Gasteiger partial charge >= 0.3 is 0 Å². The van der Waals surface area contributed by atoms with Crippen molar-refractivity contribution in [3.8, 4) is 0 Å². The molecule has 0 spiro atoms. The molecule has 0 aliphatic carbocycles. The van der Waals surface area contributed by atoms with E-state index >= 15 is 0 Å². The molecular weight excluding hydrogens is 326 g/mol. The molecule has 0 aliphatic rings. The smallest absolute Gasteiger partial charge is 0.128 e. The van der Waals surface area contributed by atoms with Crippen LogP contribution in [0.1, 0.15) is 11.1 Å². The van der Waals surface area contributed by atoms with Gasteiger partial charge < -0.3 is 10.6 Å². The third kappa shape index (κ3) is 3.47. The minimum Gasteiger partial charge on any atom is -0.355 e. The molecule has 1 aromatic heterocycles. The molecule has 1 heterocycles. The second kappa shape index (κ2) is 6.37. The third-order valence-corrected chi connectivity index (χ3v) is 4.01. The third-order valence-electron chi connectivity index (χ3n) is 2.90. The zero-order chi connectivity index (χ0) is 13.8. The van der Waals surface area contributed by atoms with Crippen LogP contribution in [0.25, 0.3) is 0 Å². The van der Waals surface area contributed by atoms with Crippen molar-refractivity contribution >= 4 is 33.3 Å². The van der Waals surface area contributed by atoms with Gasteiger partial charge in [0, 0.05) is 30.8 Å². The van der Waals surface area contributed by atoms with Crippen molar-refractivity contribution in [1.29, 1.82) is 0 Å². The molecule has 0 amide bonds. The van der Waals surface area contributed by atoms with Crippen molar-refractivity contribution in [1.82, 2.24) is 4.98 Å². The zero-order valence-electron chi connectivity index (χ0n) is 10.6. The largest absolute Gasteiger partial charge is 0.355 e. The highest BCUT2D eigenvalue weighted by atomic mass is 79.9. The highest BCUT2D eigenvalue weighted by molar-refractivity contribution is 9.10.